The summed E-state index contributed by atoms with van der Waals surface area (Å²) in [4.78, 5) is 17.6. The van der Waals surface area contributed by atoms with Crippen LogP contribution in [0.5, 0.6) is 0 Å². The Hall–Kier alpha value is -2.44. The maximum Gasteiger partial charge on any atom is 0.319 e. The van der Waals surface area contributed by atoms with Crippen molar-refractivity contribution in [2.45, 2.75) is 32.0 Å². The molecule has 0 saturated carbocycles. The number of hydrogen-bond acceptors (Lipinski definition) is 2. The van der Waals surface area contributed by atoms with Gasteiger partial charge in [-0.15, -0.1) is 0 Å². The number of imidazole rings is 1. The summed E-state index contributed by atoms with van der Waals surface area (Å²) in [6, 6.07) is 7.68. The van der Waals surface area contributed by atoms with Crippen LogP contribution in [0.15, 0.2) is 36.7 Å². The molecular formula is C16H18F2N4O. The quantitative estimate of drug-likeness (QED) is 0.941. The maximum absolute atomic E-state index is 12.8. The summed E-state index contributed by atoms with van der Waals surface area (Å²) in [6.45, 7) is -2.64. The van der Waals surface area contributed by atoms with Crippen molar-refractivity contribution in [3.05, 3.63) is 53.6 Å². The van der Waals surface area contributed by atoms with Gasteiger partial charge in [-0.25, -0.2) is 9.78 Å². The highest BCUT2D eigenvalue weighted by molar-refractivity contribution is 5.74. The molecule has 1 aliphatic rings. The highest BCUT2D eigenvalue weighted by atomic mass is 19.3. The molecule has 1 aromatic carbocycles. The predicted molar refractivity (Wildman–Crippen MR) is 81.0 cm³/mol. The first-order valence-corrected chi connectivity index (χ1v) is 7.45. The zero-order valence-electron chi connectivity index (χ0n) is 12.7. The average Bonchev–Trinajstić information content (AvgIpc) is 3.14. The molecule has 122 valence electrons. The van der Waals surface area contributed by atoms with Crippen LogP contribution in [0.3, 0.4) is 0 Å². The largest absolute Gasteiger partial charge is 0.331 e. The molecule has 0 fully saturated rings. The first-order valence-electron chi connectivity index (χ1n) is 7.45. The minimum absolute atomic E-state index is 0.0253. The fourth-order valence-electron chi connectivity index (χ4n) is 2.89. The van der Waals surface area contributed by atoms with Gasteiger partial charge in [-0.1, -0.05) is 24.3 Å². The molecule has 1 unspecified atom stereocenters. The Labute approximate surface area is 132 Å². The van der Waals surface area contributed by atoms with Crippen LogP contribution < -0.4 is 5.32 Å². The summed E-state index contributed by atoms with van der Waals surface area (Å²) in [7, 11) is 1.57. The lowest BCUT2D eigenvalue weighted by Gasteiger charge is -2.21. The lowest BCUT2D eigenvalue weighted by Crippen LogP contribution is -2.39. The highest BCUT2D eigenvalue weighted by Gasteiger charge is 2.25. The lowest BCUT2D eigenvalue weighted by molar-refractivity contribution is 0.0650. The number of aryl methyl sites for hydroxylation is 1. The molecule has 1 atom stereocenters. The fourth-order valence-corrected chi connectivity index (χ4v) is 2.89. The van der Waals surface area contributed by atoms with E-state index in [0.29, 0.717) is 0 Å². The van der Waals surface area contributed by atoms with Gasteiger partial charge < -0.3 is 10.2 Å². The zero-order chi connectivity index (χ0) is 16.4. The summed E-state index contributed by atoms with van der Waals surface area (Å²) < 4.78 is 26.4. The van der Waals surface area contributed by atoms with Gasteiger partial charge in [-0.3, -0.25) is 4.57 Å². The molecule has 0 spiro atoms. The van der Waals surface area contributed by atoms with Gasteiger partial charge in [0, 0.05) is 19.4 Å². The number of alkyl halides is 2. The predicted octanol–water partition coefficient (Wildman–Crippen LogP) is 3.11. The lowest BCUT2D eigenvalue weighted by atomic mass is 10.1. The molecule has 3 rings (SSSR count). The van der Waals surface area contributed by atoms with Gasteiger partial charge in [-0.2, -0.15) is 8.78 Å². The van der Waals surface area contributed by atoms with E-state index in [1.165, 1.54) is 22.9 Å². The number of hydrogen-bond donors (Lipinski definition) is 1. The molecule has 1 heterocycles. The molecule has 23 heavy (non-hydrogen) atoms. The van der Waals surface area contributed by atoms with E-state index >= 15 is 0 Å². The van der Waals surface area contributed by atoms with E-state index in [2.05, 4.69) is 16.4 Å². The molecule has 0 aliphatic heterocycles. The molecular weight excluding hydrogens is 302 g/mol. The number of halogens is 2. The Balaban J connectivity index is 1.64. The minimum Gasteiger partial charge on any atom is -0.331 e. The Bertz CT molecular complexity index is 701. The fraction of sp³-hybridized carbons (Fsp3) is 0.375. The van der Waals surface area contributed by atoms with Crippen molar-refractivity contribution in [3.8, 4) is 0 Å². The van der Waals surface area contributed by atoms with Crippen LogP contribution in [0.2, 0.25) is 0 Å². The van der Waals surface area contributed by atoms with Crippen molar-refractivity contribution < 1.29 is 13.6 Å². The molecule has 7 heteroatoms. The Morgan fingerprint density at radius 3 is 3.04 bits per heavy atom. The summed E-state index contributed by atoms with van der Waals surface area (Å²) in [5.41, 5.74) is 2.37. The molecule has 2 amide bonds. The third-order valence-corrected chi connectivity index (χ3v) is 4.12. The van der Waals surface area contributed by atoms with Crippen LogP contribution >= 0.6 is 0 Å². The van der Waals surface area contributed by atoms with Gasteiger partial charge in [0.05, 0.1) is 12.6 Å². The number of aromatic nitrogens is 2. The van der Waals surface area contributed by atoms with Crippen LogP contribution in [0.4, 0.5) is 13.6 Å². The van der Waals surface area contributed by atoms with E-state index in [9.17, 15) is 13.6 Å². The monoisotopic (exact) mass is 320 g/mol. The number of amides is 2. The van der Waals surface area contributed by atoms with E-state index < -0.39 is 6.55 Å². The second kappa shape index (κ2) is 6.36. The van der Waals surface area contributed by atoms with Crippen LogP contribution in [-0.2, 0) is 13.0 Å². The van der Waals surface area contributed by atoms with Gasteiger partial charge in [0.1, 0.15) is 5.82 Å². The molecule has 2 aromatic rings. The SMILES string of the molecule is CN(Cc1nccn1C(F)F)C(=O)NC1CCc2ccccc21. The van der Waals surface area contributed by atoms with Crippen molar-refractivity contribution in [2.24, 2.45) is 0 Å². The van der Waals surface area contributed by atoms with Crippen LogP contribution in [0.1, 0.15) is 36.0 Å². The Kier molecular flexibility index (Phi) is 4.27. The van der Waals surface area contributed by atoms with E-state index in [1.807, 2.05) is 18.2 Å². The van der Waals surface area contributed by atoms with E-state index in [4.69, 9.17) is 0 Å². The molecule has 1 aliphatic carbocycles. The van der Waals surface area contributed by atoms with Gasteiger partial charge in [0.25, 0.3) is 0 Å². The number of nitrogens with zero attached hydrogens (tertiary/aromatic N) is 3. The van der Waals surface area contributed by atoms with Crippen LogP contribution in [0, 0.1) is 0 Å². The number of urea groups is 1. The second-order valence-corrected chi connectivity index (χ2v) is 5.62. The van der Waals surface area contributed by atoms with Gasteiger partial charge in [0.15, 0.2) is 0 Å². The van der Waals surface area contributed by atoms with E-state index in [0.717, 1.165) is 23.0 Å². The number of carbonyl (C=O) groups is 1. The van der Waals surface area contributed by atoms with Crippen molar-refractivity contribution in [3.63, 3.8) is 0 Å². The topological polar surface area (TPSA) is 50.2 Å². The zero-order valence-corrected chi connectivity index (χ0v) is 12.7. The highest BCUT2D eigenvalue weighted by Crippen LogP contribution is 2.30. The Morgan fingerprint density at radius 1 is 1.48 bits per heavy atom. The summed E-state index contributed by atoms with van der Waals surface area (Å²) in [5, 5.41) is 2.96. The van der Waals surface area contributed by atoms with Crippen molar-refractivity contribution >= 4 is 6.03 Å². The molecule has 1 aromatic heterocycles. The van der Waals surface area contributed by atoms with Crippen LogP contribution in [0.25, 0.3) is 0 Å². The second-order valence-electron chi connectivity index (χ2n) is 5.62. The van der Waals surface area contributed by atoms with Crippen molar-refractivity contribution in [1.82, 2.24) is 19.8 Å². The molecule has 1 N–H and O–H groups in total. The molecule has 0 radical (unpaired) electrons. The van der Waals surface area contributed by atoms with Crippen LogP contribution in [-0.4, -0.2) is 27.5 Å². The minimum atomic E-state index is -2.66. The summed E-state index contributed by atoms with van der Waals surface area (Å²) >= 11 is 0. The number of carbonyl (C=O) groups excluding carboxylic acids is 1. The normalized spacial score (nSPS) is 16.4. The average molecular weight is 320 g/mol. The summed E-state index contributed by atoms with van der Waals surface area (Å²) in [6.07, 6.45) is 4.30. The Morgan fingerprint density at radius 2 is 2.26 bits per heavy atom. The van der Waals surface area contributed by atoms with Gasteiger partial charge in [-0.05, 0) is 24.0 Å². The summed E-state index contributed by atoms with van der Waals surface area (Å²) in [5.74, 6) is 0.157. The number of nitrogens with one attached hydrogen (secondary N) is 1. The maximum atomic E-state index is 12.8. The molecule has 0 bridgehead atoms. The number of fused-ring (bicyclic) bond motifs is 1. The standard InChI is InChI=1S/C16H18F2N4O/c1-21(10-14-19-8-9-22(14)15(17)18)16(23)20-13-7-6-11-4-2-3-5-12(11)13/h2-5,8-9,13,15H,6-7,10H2,1H3,(H,20,23). The third kappa shape index (κ3) is 3.18. The van der Waals surface area contributed by atoms with E-state index in [1.54, 1.807) is 7.05 Å². The van der Waals surface area contributed by atoms with Crippen molar-refractivity contribution in [2.75, 3.05) is 7.05 Å². The first-order chi connectivity index (χ1) is 11.1. The van der Waals surface area contributed by atoms with Crippen molar-refractivity contribution in [1.29, 1.82) is 0 Å². The molecule has 5 nitrogen and oxygen atoms in total. The third-order valence-electron chi connectivity index (χ3n) is 4.12. The first kappa shape index (κ1) is 15.5. The van der Waals surface area contributed by atoms with Gasteiger partial charge >= 0.3 is 12.6 Å². The smallest absolute Gasteiger partial charge is 0.319 e. The molecule has 0 saturated heterocycles. The number of benzene rings is 1. The number of rotatable bonds is 4. The van der Waals surface area contributed by atoms with Gasteiger partial charge in [0.2, 0.25) is 0 Å². The van der Waals surface area contributed by atoms with E-state index in [-0.39, 0.29) is 24.4 Å².